The van der Waals surface area contributed by atoms with Crippen LogP contribution in [0.2, 0.25) is 0 Å². The third-order valence-corrected chi connectivity index (χ3v) is 3.40. The number of methoxy groups -OCH3 is 1. The molecule has 19 heavy (non-hydrogen) atoms. The summed E-state index contributed by atoms with van der Waals surface area (Å²) in [6, 6.07) is 14.8. The van der Waals surface area contributed by atoms with Gasteiger partial charge in [-0.3, -0.25) is 0 Å². The number of rotatable bonds is 4. The minimum atomic E-state index is 0.434. The predicted octanol–water partition coefficient (Wildman–Crippen LogP) is 3.91. The molecule has 2 aromatic carbocycles. The van der Waals surface area contributed by atoms with Crippen LogP contribution in [-0.4, -0.2) is 7.11 Å². The van der Waals surface area contributed by atoms with E-state index in [4.69, 9.17) is 14.7 Å². The highest BCUT2D eigenvalue weighted by atomic mass is 79.9. The second kappa shape index (κ2) is 6.26. The van der Waals surface area contributed by atoms with E-state index < -0.39 is 0 Å². The first kappa shape index (κ1) is 13.4. The fraction of sp³-hybridized carbons (Fsp3) is 0.133. The molecule has 0 aliphatic carbocycles. The van der Waals surface area contributed by atoms with Gasteiger partial charge in [0, 0.05) is 10.0 Å². The summed E-state index contributed by atoms with van der Waals surface area (Å²) in [6.07, 6.45) is 0. The average Bonchev–Trinajstić information content (AvgIpc) is 2.47. The van der Waals surface area contributed by atoms with Crippen LogP contribution >= 0.6 is 15.9 Å². The normalized spacial score (nSPS) is 9.74. The van der Waals surface area contributed by atoms with Gasteiger partial charge in [0.05, 0.1) is 18.7 Å². The molecule has 2 rings (SSSR count). The average molecular weight is 318 g/mol. The highest BCUT2D eigenvalue weighted by Gasteiger charge is 2.03. The summed E-state index contributed by atoms with van der Waals surface area (Å²) in [5.74, 6) is 1.52. The van der Waals surface area contributed by atoms with Crippen LogP contribution in [0, 0.1) is 11.3 Å². The van der Waals surface area contributed by atoms with Gasteiger partial charge in [0.25, 0.3) is 0 Å². The van der Waals surface area contributed by atoms with Crippen LogP contribution in [0.5, 0.6) is 11.5 Å². The largest absolute Gasteiger partial charge is 0.497 e. The van der Waals surface area contributed by atoms with Crippen molar-refractivity contribution in [2.45, 2.75) is 6.61 Å². The molecule has 4 heteroatoms. The smallest absolute Gasteiger partial charge is 0.119 e. The van der Waals surface area contributed by atoms with Crippen molar-refractivity contribution >= 4 is 15.9 Å². The Labute approximate surface area is 120 Å². The lowest BCUT2D eigenvalue weighted by Crippen LogP contribution is -1.97. The third kappa shape index (κ3) is 3.49. The number of ether oxygens (including phenoxy) is 2. The van der Waals surface area contributed by atoms with Crippen LogP contribution < -0.4 is 9.47 Å². The van der Waals surface area contributed by atoms with Crippen LogP contribution in [0.1, 0.15) is 11.1 Å². The zero-order chi connectivity index (χ0) is 13.7. The van der Waals surface area contributed by atoms with Gasteiger partial charge in [-0.25, -0.2) is 0 Å². The summed E-state index contributed by atoms with van der Waals surface area (Å²) < 4.78 is 11.8. The van der Waals surface area contributed by atoms with Gasteiger partial charge in [-0.15, -0.1) is 0 Å². The second-order valence-corrected chi connectivity index (χ2v) is 4.74. The molecule has 96 valence electrons. The molecule has 0 atom stereocenters. The number of hydrogen-bond acceptors (Lipinski definition) is 3. The number of benzene rings is 2. The molecular weight excluding hydrogens is 306 g/mol. The Balaban J connectivity index is 2.07. The van der Waals surface area contributed by atoms with Crippen molar-refractivity contribution in [3.63, 3.8) is 0 Å². The molecule has 2 aromatic rings. The molecule has 0 spiro atoms. The maximum atomic E-state index is 8.72. The number of nitriles is 1. The molecule has 0 aliphatic heterocycles. The van der Waals surface area contributed by atoms with Crippen molar-refractivity contribution in [3.8, 4) is 17.6 Å². The number of hydrogen-bond donors (Lipinski definition) is 0. The first-order chi connectivity index (χ1) is 9.22. The lowest BCUT2D eigenvalue weighted by molar-refractivity contribution is 0.304. The molecule has 0 heterocycles. The minimum Gasteiger partial charge on any atom is -0.497 e. The summed E-state index contributed by atoms with van der Waals surface area (Å²) in [4.78, 5) is 0. The molecule has 0 amide bonds. The van der Waals surface area contributed by atoms with Crippen molar-refractivity contribution < 1.29 is 9.47 Å². The first-order valence-corrected chi connectivity index (χ1v) is 6.47. The van der Waals surface area contributed by atoms with Crippen molar-refractivity contribution in [3.05, 3.63) is 58.1 Å². The number of nitrogens with zero attached hydrogens (tertiary/aromatic N) is 1. The van der Waals surface area contributed by atoms with Crippen molar-refractivity contribution in [1.29, 1.82) is 5.26 Å². The summed E-state index contributed by atoms with van der Waals surface area (Å²) in [5, 5.41) is 8.72. The van der Waals surface area contributed by atoms with Crippen LogP contribution in [0.3, 0.4) is 0 Å². The van der Waals surface area contributed by atoms with Crippen molar-refractivity contribution in [2.24, 2.45) is 0 Å². The second-order valence-electron chi connectivity index (χ2n) is 3.88. The van der Waals surface area contributed by atoms with E-state index in [9.17, 15) is 0 Å². The van der Waals surface area contributed by atoms with Gasteiger partial charge in [-0.1, -0.05) is 15.9 Å². The van der Waals surface area contributed by atoms with Gasteiger partial charge in [0.2, 0.25) is 0 Å². The van der Waals surface area contributed by atoms with E-state index in [0.717, 1.165) is 21.5 Å². The zero-order valence-corrected chi connectivity index (χ0v) is 12.0. The minimum absolute atomic E-state index is 0.434. The van der Waals surface area contributed by atoms with Crippen LogP contribution in [-0.2, 0) is 6.61 Å². The highest BCUT2D eigenvalue weighted by molar-refractivity contribution is 9.10. The van der Waals surface area contributed by atoms with Crippen molar-refractivity contribution in [1.82, 2.24) is 0 Å². The molecule has 0 saturated heterocycles. The van der Waals surface area contributed by atoms with E-state index >= 15 is 0 Å². The Morgan fingerprint density at radius 2 is 1.79 bits per heavy atom. The maximum absolute atomic E-state index is 8.72. The Hall–Kier alpha value is -1.99. The zero-order valence-electron chi connectivity index (χ0n) is 10.4. The quantitative estimate of drug-likeness (QED) is 0.858. The van der Waals surface area contributed by atoms with E-state index in [1.807, 2.05) is 18.2 Å². The molecular formula is C15H12BrNO2. The molecule has 0 fully saturated rings. The van der Waals surface area contributed by atoms with Crippen molar-refractivity contribution in [2.75, 3.05) is 7.11 Å². The highest BCUT2D eigenvalue weighted by Crippen LogP contribution is 2.24. The van der Waals surface area contributed by atoms with Gasteiger partial charge < -0.3 is 9.47 Å². The van der Waals surface area contributed by atoms with Gasteiger partial charge in [-0.05, 0) is 42.5 Å². The SMILES string of the molecule is COc1ccc(Br)c(COc2ccc(C#N)cc2)c1. The fourth-order valence-electron chi connectivity index (χ4n) is 1.58. The van der Waals surface area contributed by atoms with Gasteiger partial charge in [-0.2, -0.15) is 5.26 Å². The summed E-state index contributed by atoms with van der Waals surface area (Å²) in [7, 11) is 1.63. The Bertz CT molecular complexity index is 603. The molecule has 0 aromatic heterocycles. The molecule has 0 bridgehead atoms. The summed E-state index contributed by atoms with van der Waals surface area (Å²) >= 11 is 3.48. The fourth-order valence-corrected chi connectivity index (χ4v) is 1.94. The van der Waals surface area contributed by atoms with Gasteiger partial charge in [0.1, 0.15) is 18.1 Å². The molecule has 0 N–H and O–H groups in total. The van der Waals surface area contributed by atoms with Crippen LogP contribution in [0.25, 0.3) is 0 Å². The van der Waals surface area contributed by atoms with Crippen LogP contribution in [0.15, 0.2) is 46.9 Å². The van der Waals surface area contributed by atoms with Gasteiger partial charge >= 0.3 is 0 Å². The summed E-state index contributed by atoms with van der Waals surface area (Å²) in [5.41, 5.74) is 1.62. The van der Waals surface area contributed by atoms with E-state index in [1.54, 1.807) is 31.4 Å². The Morgan fingerprint density at radius 1 is 1.11 bits per heavy atom. The Kier molecular flexibility index (Phi) is 4.43. The van der Waals surface area contributed by atoms with E-state index in [2.05, 4.69) is 22.0 Å². The molecule has 0 unspecified atom stereocenters. The molecule has 3 nitrogen and oxygen atoms in total. The Morgan fingerprint density at radius 3 is 2.42 bits per heavy atom. The topological polar surface area (TPSA) is 42.2 Å². The predicted molar refractivity (Wildman–Crippen MR) is 76.2 cm³/mol. The molecule has 0 saturated carbocycles. The van der Waals surface area contributed by atoms with E-state index in [-0.39, 0.29) is 0 Å². The standard InChI is InChI=1S/C15H12BrNO2/c1-18-14-6-7-15(16)12(8-14)10-19-13-4-2-11(9-17)3-5-13/h2-8H,10H2,1H3. The molecule has 0 radical (unpaired) electrons. The van der Waals surface area contributed by atoms with Crippen LogP contribution in [0.4, 0.5) is 0 Å². The monoisotopic (exact) mass is 317 g/mol. The number of halogens is 1. The molecule has 0 aliphatic rings. The van der Waals surface area contributed by atoms with E-state index in [0.29, 0.717) is 12.2 Å². The lowest BCUT2D eigenvalue weighted by Gasteiger charge is -2.09. The summed E-state index contributed by atoms with van der Waals surface area (Å²) in [6.45, 7) is 0.434. The third-order valence-electron chi connectivity index (χ3n) is 2.63. The maximum Gasteiger partial charge on any atom is 0.119 e. The lowest BCUT2D eigenvalue weighted by atomic mass is 10.2. The van der Waals surface area contributed by atoms with Gasteiger partial charge in [0.15, 0.2) is 0 Å². The van der Waals surface area contributed by atoms with E-state index in [1.165, 1.54) is 0 Å². The first-order valence-electron chi connectivity index (χ1n) is 5.68.